The highest BCUT2D eigenvalue weighted by molar-refractivity contribution is 5.91. The average Bonchev–Trinajstić information content (AvgIpc) is 3.40. The fourth-order valence-electron chi connectivity index (χ4n) is 4.09. The van der Waals surface area contributed by atoms with Gasteiger partial charge in [0.1, 0.15) is 30.0 Å². The first-order valence-electron chi connectivity index (χ1n) is 10.4. The molecule has 5 nitrogen and oxygen atoms in total. The zero-order valence-electron chi connectivity index (χ0n) is 16.9. The molecule has 1 heterocycles. The molecule has 6 heteroatoms. The summed E-state index contributed by atoms with van der Waals surface area (Å²) in [6.07, 6.45) is 1.39. The van der Waals surface area contributed by atoms with Crippen molar-refractivity contribution in [3.05, 3.63) is 83.7 Å². The Morgan fingerprint density at radius 3 is 2.55 bits per heavy atom. The van der Waals surface area contributed by atoms with Crippen LogP contribution in [-0.4, -0.2) is 35.6 Å². The van der Waals surface area contributed by atoms with Gasteiger partial charge in [0.15, 0.2) is 5.58 Å². The van der Waals surface area contributed by atoms with Crippen LogP contribution in [0.3, 0.4) is 0 Å². The van der Waals surface area contributed by atoms with Crippen molar-refractivity contribution in [3.63, 3.8) is 0 Å². The molecule has 4 aromatic rings. The molecule has 1 atom stereocenters. The second-order valence-corrected chi connectivity index (χ2v) is 7.94. The average molecular weight is 418 g/mol. The van der Waals surface area contributed by atoms with Crippen molar-refractivity contribution < 1.29 is 18.8 Å². The minimum atomic E-state index is -0.599. The number of rotatable bonds is 7. The van der Waals surface area contributed by atoms with E-state index in [2.05, 4.69) is 34.7 Å². The first kappa shape index (κ1) is 19.7. The van der Waals surface area contributed by atoms with Crippen molar-refractivity contribution in [3.8, 4) is 17.0 Å². The lowest BCUT2D eigenvalue weighted by Gasteiger charge is -2.17. The summed E-state index contributed by atoms with van der Waals surface area (Å²) in [5.41, 5.74) is 4.69. The number of nitrogens with one attached hydrogen (secondary N) is 1. The topological polar surface area (TPSA) is 67.5 Å². The maximum atomic E-state index is 13.3. The molecule has 3 aromatic carbocycles. The molecule has 158 valence electrons. The Balaban J connectivity index is 1.13. The van der Waals surface area contributed by atoms with E-state index in [0.717, 1.165) is 23.8 Å². The lowest BCUT2D eigenvalue weighted by Crippen LogP contribution is -2.38. The van der Waals surface area contributed by atoms with E-state index in [-0.39, 0.29) is 12.4 Å². The third-order valence-electron chi connectivity index (χ3n) is 5.70. The van der Waals surface area contributed by atoms with Crippen LogP contribution in [0.5, 0.6) is 5.75 Å². The van der Waals surface area contributed by atoms with Crippen molar-refractivity contribution in [1.29, 1.82) is 0 Å². The molecule has 1 aliphatic carbocycles. The number of fused-ring (bicyclic) bond motifs is 2. The Morgan fingerprint density at radius 2 is 1.81 bits per heavy atom. The Labute approximate surface area is 179 Å². The summed E-state index contributed by atoms with van der Waals surface area (Å²) in [5, 5.41) is 18.5. The molecule has 0 unspecified atom stereocenters. The molecule has 5 rings (SSSR count). The van der Waals surface area contributed by atoms with Crippen LogP contribution in [0.15, 0.2) is 71.3 Å². The minimum Gasteiger partial charge on any atom is -0.491 e. The van der Waals surface area contributed by atoms with Crippen LogP contribution in [-0.2, 0) is 12.8 Å². The van der Waals surface area contributed by atoms with E-state index in [9.17, 15) is 9.50 Å². The van der Waals surface area contributed by atoms with Gasteiger partial charge in [-0.3, -0.25) is 0 Å². The number of hydrogen-bond acceptors (Lipinski definition) is 5. The maximum absolute atomic E-state index is 13.3. The number of benzene rings is 3. The van der Waals surface area contributed by atoms with Gasteiger partial charge in [0.25, 0.3) is 0 Å². The maximum Gasteiger partial charge on any atom is 0.170 e. The van der Waals surface area contributed by atoms with Crippen LogP contribution in [0.2, 0.25) is 0 Å². The van der Waals surface area contributed by atoms with Gasteiger partial charge in [-0.05, 0) is 60.4 Å². The molecule has 0 saturated carbocycles. The second kappa shape index (κ2) is 8.49. The molecule has 1 aromatic heterocycles. The Kier molecular flexibility index (Phi) is 5.40. The van der Waals surface area contributed by atoms with E-state index in [1.807, 2.05) is 24.3 Å². The minimum absolute atomic E-state index is 0.207. The Hall–Kier alpha value is -3.22. The summed E-state index contributed by atoms with van der Waals surface area (Å²) in [6.45, 7) is 0.691. The van der Waals surface area contributed by atoms with E-state index >= 15 is 0 Å². The molecule has 1 aliphatic rings. The van der Waals surface area contributed by atoms with Crippen LogP contribution < -0.4 is 10.1 Å². The van der Waals surface area contributed by atoms with Gasteiger partial charge in [0.2, 0.25) is 0 Å². The van der Waals surface area contributed by atoms with Gasteiger partial charge >= 0.3 is 0 Å². The molecular weight excluding hydrogens is 395 g/mol. The normalized spacial score (nSPS) is 14.6. The van der Waals surface area contributed by atoms with Crippen molar-refractivity contribution in [2.24, 2.45) is 0 Å². The van der Waals surface area contributed by atoms with Crippen LogP contribution >= 0.6 is 0 Å². The van der Waals surface area contributed by atoms with E-state index < -0.39 is 6.10 Å². The highest BCUT2D eigenvalue weighted by Crippen LogP contribution is 2.29. The molecule has 0 bridgehead atoms. The molecule has 0 aliphatic heterocycles. The standard InChI is InChI=1S/C25H23FN2O3/c26-19-7-10-23-24(13-19)31-28-25(23)16-5-8-22(9-6-16)30-15-21(29)14-27-20-11-17-3-1-2-4-18(17)12-20/h1-10,13,20-21,27,29H,11-12,14-15H2/t21-/m1/s1. The number of aliphatic hydroxyl groups excluding tert-OH is 1. The molecule has 31 heavy (non-hydrogen) atoms. The van der Waals surface area contributed by atoms with Crippen LogP contribution in [0.4, 0.5) is 4.39 Å². The van der Waals surface area contributed by atoms with Crippen LogP contribution in [0.25, 0.3) is 22.2 Å². The summed E-state index contributed by atoms with van der Waals surface area (Å²) in [6, 6.07) is 20.6. The number of ether oxygens (including phenoxy) is 1. The van der Waals surface area contributed by atoms with Crippen molar-refractivity contribution in [2.45, 2.75) is 25.0 Å². The SMILES string of the molecule is O[C@H](CNC1Cc2ccccc2C1)COc1ccc(-c2noc3cc(F)ccc23)cc1. The van der Waals surface area contributed by atoms with Gasteiger partial charge in [0, 0.05) is 29.6 Å². The number of nitrogens with zero attached hydrogens (tertiary/aromatic N) is 1. The number of halogens is 1. The number of aromatic nitrogens is 1. The fraction of sp³-hybridized carbons (Fsp3) is 0.240. The van der Waals surface area contributed by atoms with E-state index in [1.54, 1.807) is 6.07 Å². The van der Waals surface area contributed by atoms with Gasteiger partial charge in [-0.1, -0.05) is 29.4 Å². The molecule has 0 saturated heterocycles. The van der Waals surface area contributed by atoms with Crippen molar-refractivity contribution in [2.75, 3.05) is 13.2 Å². The molecule has 0 fully saturated rings. The summed E-state index contributed by atoms with van der Waals surface area (Å²) in [4.78, 5) is 0. The third-order valence-corrected chi connectivity index (χ3v) is 5.70. The van der Waals surface area contributed by atoms with Gasteiger partial charge in [0.05, 0.1) is 0 Å². The first-order chi connectivity index (χ1) is 15.2. The monoisotopic (exact) mass is 418 g/mol. The molecular formula is C25H23FN2O3. The van der Waals surface area contributed by atoms with Crippen LogP contribution in [0, 0.1) is 5.82 Å². The summed E-state index contributed by atoms with van der Waals surface area (Å²) in [7, 11) is 0. The van der Waals surface area contributed by atoms with Gasteiger partial charge in [-0.15, -0.1) is 0 Å². The van der Waals surface area contributed by atoms with E-state index in [4.69, 9.17) is 9.26 Å². The highest BCUT2D eigenvalue weighted by atomic mass is 19.1. The summed E-state index contributed by atoms with van der Waals surface area (Å²) < 4.78 is 24.3. The zero-order valence-corrected chi connectivity index (χ0v) is 16.9. The molecule has 2 N–H and O–H groups in total. The first-order valence-corrected chi connectivity index (χ1v) is 10.4. The van der Waals surface area contributed by atoms with Gasteiger partial charge in [-0.25, -0.2) is 4.39 Å². The van der Waals surface area contributed by atoms with E-state index in [1.165, 1.54) is 23.3 Å². The smallest absolute Gasteiger partial charge is 0.170 e. The lowest BCUT2D eigenvalue weighted by atomic mass is 10.1. The van der Waals surface area contributed by atoms with Gasteiger partial charge in [-0.2, -0.15) is 0 Å². The summed E-state index contributed by atoms with van der Waals surface area (Å²) >= 11 is 0. The highest BCUT2D eigenvalue weighted by Gasteiger charge is 2.21. The van der Waals surface area contributed by atoms with Crippen molar-refractivity contribution in [1.82, 2.24) is 10.5 Å². The lowest BCUT2D eigenvalue weighted by molar-refractivity contribution is 0.104. The predicted molar refractivity (Wildman–Crippen MR) is 117 cm³/mol. The molecule has 0 amide bonds. The Bertz CT molecular complexity index is 1160. The quantitative estimate of drug-likeness (QED) is 0.472. The molecule has 0 spiro atoms. The molecule has 0 radical (unpaired) electrons. The largest absolute Gasteiger partial charge is 0.491 e. The van der Waals surface area contributed by atoms with Gasteiger partial charge < -0.3 is 19.7 Å². The Morgan fingerprint density at radius 1 is 1.06 bits per heavy atom. The summed E-state index contributed by atoms with van der Waals surface area (Å²) in [5.74, 6) is 0.305. The third kappa shape index (κ3) is 4.31. The fourth-order valence-corrected chi connectivity index (χ4v) is 4.09. The zero-order chi connectivity index (χ0) is 21.2. The number of hydrogen-bond donors (Lipinski definition) is 2. The van der Waals surface area contributed by atoms with Crippen molar-refractivity contribution >= 4 is 11.0 Å². The van der Waals surface area contributed by atoms with E-state index in [0.29, 0.717) is 29.6 Å². The second-order valence-electron chi connectivity index (χ2n) is 7.94. The number of aliphatic hydroxyl groups is 1. The van der Waals surface area contributed by atoms with Crippen LogP contribution in [0.1, 0.15) is 11.1 Å². The predicted octanol–water partition coefficient (Wildman–Crippen LogP) is 4.13.